The molecule has 0 saturated heterocycles. The van der Waals surface area contributed by atoms with Crippen molar-refractivity contribution in [3.8, 4) is 0 Å². The third-order valence-electron chi connectivity index (χ3n) is 0.959. The average Bonchev–Trinajstić information content (AvgIpc) is 1.63. The van der Waals surface area contributed by atoms with Gasteiger partial charge in [0.05, 0.1) is 5.83 Å². The van der Waals surface area contributed by atoms with Crippen LogP contribution in [0, 0.1) is 0 Å². The quantitative estimate of drug-likeness (QED) is 0.558. The molecular formula is C7H10BrF. The van der Waals surface area contributed by atoms with Crippen LogP contribution in [-0.2, 0) is 0 Å². The van der Waals surface area contributed by atoms with Crippen molar-refractivity contribution in [2.45, 2.75) is 20.8 Å². The predicted molar refractivity (Wildman–Crippen MR) is 42.2 cm³/mol. The van der Waals surface area contributed by atoms with E-state index >= 15 is 0 Å². The fourth-order valence-corrected chi connectivity index (χ4v) is 0.741. The van der Waals surface area contributed by atoms with E-state index in [9.17, 15) is 4.39 Å². The lowest BCUT2D eigenvalue weighted by atomic mass is 10.2. The highest BCUT2D eigenvalue weighted by molar-refractivity contribution is 9.11. The molecule has 0 aromatic heterocycles. The van der Waals surface area contributed by atoms with Crippen molar-refractivity contribution in [2.24, 2.45) is 0 Å². The van der Waals surface area contributed by atoms with Gasteiger partial charge in [-0.05, 0) is 36.9 Å². The standard InChI is InChI=1S/C7H10BrF/c1-5(7(3)9)4-6(2)8/h4H,1-3H3/b6-4+,7-5+. The monoisotopic (exact) mass is 192 g/mol. The van der Waals surface area contributed by atoms with Crippen LogP contribution in [0.3, 0.4) is 0 Å². The minimum Gasteiger partial charge on any atom is -0.212 e. The Hall–Kier alpha value is -0.110. The lowest BCUT2D eigenvalue weighted by Crippen LogP contribution is -1.71. The minimum atomic E-state index is -0.131. The minimum absolute atomic E-state index is 0.131. The van der Waals surface area contributed by atoms with E-state index in [-0.39, 0.29) is 5.83 Å². The molecule has 0 aliphatic carbocycles. The van der Waals surface area contributed by atoms with E-state index < -0.39 is 0 Å². The molecule has 52 valence electrons. The van der Waals surface area contributed by atoms with Crippen LogP contribution in [0.5, 0.6) is 0 Å². The van der Waals surface area contributed by atoms with Crippen LogP contribution >= 0.6 is 15.9 Å². The SMILES string of the molecule is C/C(Br)=C\C(C)=C(/C)F. The van der Waals surface area contributed by atoms with Gasteiger partial charge < -0.3 is 0 Å². The molecular weight excluding hydrogens is 183 g/mol. The lowest BCUT2D eigenvalue weighted by Gasteiger charge is -1.91. The van der Waals surface area contributed by atoms with Crippen molar-refractivity contribution in [1.82, 2.24) is 0 Å². The van der Waals surface area contributed by atoms with Crippen LogP contribution in [0.15, 0.2) is 22.0 Å². The van der Waals surface area contributed by atoms with E-state index in [1.54, 1.807) is 13.0 Å². The summed E-state index contributed by atoms with van der Waals surface area (Å²) in [6, 6.07) is 0. The zero-order valence-corrected chi connectivity index (χ0v) is 7.42. The van der Waals surface area contributed by atoms with Crippen LogP contribution in [-0.4, -0.2) is 0 Å². The molecule has 0 rings (SSSR count). The topological polar surface area (TPSA) is 0 Å². The fourth-order valence-electron chi connectivity index (χ4n) is 0.398. The molecule has 0 aromatic rings. The molecule has 0 bridgehead atoms. The van der Waals surface area contributed by atoms with E-state index in [2.05, 4.69) is 15.9 Å². The van der Waals surface area contributed by atoms with Crippen molar-refractivity contribution in [3.05, 3.63) is 22.0 Å². The first-order valence-electron chi connectivity index (χ1n) is 2.71. The van der Waals surface area contributed by atoms with Gasteiger partial charge in [-0.1, -0.05) is 15.9 Å². The number of hydrogen-bond acceptors (Lipinski definition) is 0. The predicted octanol–water partition coefficient (Wildman–Crippen LogP) is 3.55. The largest absolute Gasteiger partial charge is 0.212 e. The highest BCUT2D eigenvalue weighted by Gasteiger charge is 1.89. The van der Waals surface area contributed by atoms with E-state index in [1.165, 1.54) is 6.92 Å². The molecule has 0 aliphatic heterocycles. The van der Waals surface area contributed by atoms with E-state index in [0.717, 1.165) is 4.48 Å². The number of rotatable bonds is 1. The average molecular weight is 193 g/mol. The lowest BCUT2D eigenvalue weighted by molar-refractivity contribution is 0.631. The van der Waals surface area contributed by atoms with Gasteiger partial charge >= 0.3 is 0 Å². The van der Waals surface area contributed by atoms with Crippen LogP contribution in [0.4, 0.5) is 4.39 Å². The summed E-state index contributed by atoms with van der Waals surface area (Å²) in [5, 5.41) is 0. The van der Waals surface area contributed by atoms with Gasteiger partial charge in [-0.3, -0.25) is 0 Å². The molecule has 0 aromatic carbocycles. The number of allylic oxidation sites excluding steroid dienone is 4. The molecule has 2 heteroatoms. The first-order chi connectivity index (χ1) is 4.04. The van der Waals surface area contributed by atoms with Crippen molar-refractivity contribution < 1.29 is 4.39 Å². The Morgan fingerprint density at radius 2 is 1.78 bits per heavy atom. The van der Waals surface area contributed by atoms with E-state index in [4.69, 9.17) is 0 Å². The van der Waals surface area contributed by atoms with E-state index in [1.807, 2.05) is 6.92 Å². The van der Waals surface area contributed by atoms with Crippen LogP contribution < -0.4 is 0 Å². The Morgan fingerprint density at radius 1 is 1.33 bits per heavy atom. The third-order valence-corrected chi connectivity index (χ3v) is 1.19. The Kier molecular flexibility index (Phi) is 3.78. The van der Waals surface area contributed by atoms with Crippen molar-refractivity contribution in [2.75, 3.05) is 0 Å². The molecule has 0 unspecified atom stereocenters. The Balaban J connectivity index is 4.25. The van der Waals surface area contributed by atoms with Gasteiger partial charge in [0, 0.05) is 0 Å². The Morgan fingerprint density at radius 3 is 1.89 bits per heavy atom. The first kappa shape index (κ1) is 8.89. The van der Waals surface area contributed by atoms with Crippen LogP contribution in [0.25, 0.3) is 0 Å². The summed E-state index contributed by atoms with van der Waals surface area (Å²) in [5.41, 5.74) is 0.671. The first-order valence-corrected chi connectivity index (χ1v) is 3.50. The van der Waals surface area contributed by atoms with Gasteiger partial charge in [-0.25, -0.2) is 4.39 Å². The zero-order chi connectivity index (χ0) is 7.44. The molecule has 0 fully saturated rings. The second kappa shape index (κ2) is 3.83. The van der Waals surface area contributed by atoms with Gasteiger partial charge in [0.25, 0.3) is 0 Å². The molecule has 0 amide bonds. The maximum absolute atomic E-state index is 12.3. The summed E-state index contributed by atoms with van der Waals surface area (Å²) in [5.74, 6) is -0.131. The third kappa shape index (κ3) is 4.40. The summed E-state index contributed by atoms with van der Waals surface area (Å²) in [6.45, 7) is 5.05. The van der Waals surface area contributed by atoms with Crippen LogP contribution in [0.1, 0.15) is 20.8 Å². The summed E-state index contributed by atoms with van der Waals surface area (Å²) < 4.78 is 13.2. The van der Waals surface area contributed by atoms with Gasteiger partial charge in [-0.15, -0.1) is 0 Å². The molecule has 0 heterocycles. The summed E-state index contributed by atoms with van der Waals surface area (Å²) >= 11 is 3.20. The molecule has 0 saturated carbocycles. The van der Waals surface area contributed by atoms with Crippen molar-refractivity contribution >= 4 is 15.9 Å². The summed E-state index contributed by atoms with van der Waals surface area (Å²) in [7, 11) is 0. The highest BCUT2D eigenvalue weighted by Crippen LogP contribution is 2.11. The molecule has 0 atom stereocenters. The summed E-state index contributed by atoms with van der Waals surface area (Å²) in [6.07, 6.45) is 1.75. The summed E-state index contributed by atoms with van der Waals surface area (Å²) in [4.78, 5) is 0. The number of halogens is 2. The van der Waals surface area contributed by atoms with Crippen molar-refractivity contribution in [3.63, 3.8) is 0 Å². The highest BCUT2D eigenvalue weighted by atomic mass is 79.9. The maximum atomic E-state index is 12.3. The van der Waals surface area contributed by atoms with E-state index in [0.29, 0.717) is 5.57 Å². The van der Waals surface area contributed by atoms with Crippen molar-refractivity contribution in [1.29, 1.82) is 0 Å². The molecule has 0 radical (unpaired) electrons. The molecule has 9 heavy (non-hydrogen) atoms. The zero-order valence-electron chi connectivity index (χ0n) is 5.83. The van der Waals surface area contributed by atoms with Gasteiger partial charge in [0.1, 0.15) is 0 Å². The molecule has 0 aliphatic rings. The van der Waals surface area contributed by atoms with Crippen LogP contribution in [0.2, 0.25) is 0 Å². The van der Waals surface area contributed by atoms with Gasteiger partial charge in [0.15, 0.2) is 0 Å². The smallest absolute Gasteiger partial charge is 0.0997 e. The Labute approximate surface area is 63.6 Å². The molecule has 0 nitrogen and oxygen atoms in total. The second-order valence-electron chi connectivity index (χ2n) is 1.95. The normalized spacial score (nSPS) is 15.4. The van der Waals surface area contributed by atoms with Gasteiger partial charge in [-0.2, -0.15) is 0 Å². The second-order valence-corrected chi connectivity index (χ2v) is 3.20. The Bertz CT molecular complexity index is 148. The fraction of sp³-hybridized carbons (Fsp3) is 0.429. The molecule has 0 spiro atoms. The maximum Gasteiger partial charge on any atom is 0.0997 e. The number of hydrogen-bond donors (Lipinski definition) is 0. The molecule has 0 N–H and O–H groups in total. The van der Waals surface area contributed by atoms with Gasteiger partial charge in [0.2, 0.25) is 0 Å².